The molecule has 0 bridgehead atoms. The number of carbonyl (C=O) groups excluding carboxylic acids is 1. The van der Waals surface area contributed by atoms with Crippen molar-refractivity contribution in [2.45, 2.75) is 20.0 Å². The standard InChI is InChI=1S/C10H13F3N4O/c1-9(2,8(14)18)5-15-7-4-3-6(16-17-7)10(11,12)13/h3-4H,5H2,1-2H3,(H2,14,18)(H,15,17). The van der Waals surface area contributed by atoms with E-state index in [0.717, 1.165) is 12.1 Å². The average molecular weight is 262 g/mol. The molecule has 18 heavy (non-hydrogen) atoms. The summed E-state index contributed by atoms with van der Waals surface area (Å²) in [6.07, 6.45) is -4.52. The Morgan fingerprint density at radius 3 is 2.33 bits per heavy atom. The van der Waals surface area contributed by atoms with Gasteiger partial charge in [-0.15, -0.1) is 10.2 Å². The largest absolute Gasteiger partial charge is 0.435 e. The maximum Gasteiger partial charge on any atom is 0.435 e. The van der Waals surface area contributed by atoms with E-state index < -0.39 is 23.2 Å². The second-order valence-corrected chi connectivity index (χ2v) is 4.40. The number of hydrogen-bond donors (Lipinski definition) is 2. The number of primary amides is 1. The van der Waals surface area contributed by atoms with E-state index in [4.69, 9.17) is 5.73 Å². The van der Waals surface area contributed by atoms with Gasteiger partial charge in [-0.3, -0.25) is 4.79 Å². The second kappa shape index (κ2) is 4.79. The number of hydrogen-bond acceptors (Lipinski definition) is 4. The first-order valence-electron chi connectivity index (χ1n) is 5.07. The predicted octanol–water partition coefficient (Wildman–Crippen LogP) is 1.42. The Bertz CT molecular complexity index is 428. The van der Waals surface area contributed by atoms with Crippen LogP contribution in [0.1, 0.15) is 19.5 Å². The van der Waals surface area contributed by atoms with E-state index >= 15 is 0 Å². The Morgan fingerprint density at radius 1 is 1.33 bits per heavy atom. The lowest BCUT2D eigenvalue weighted by Crippen LogP contribution is -2.37. The van der Waals surface area contributed by atoms with E-state index in [1.165, 1.54) is 0 Å². The highest BCUT2D eigenvalue weighted by Gasteiger charge is 2.33. The number of rotatable bonds is 4. The van der Waals surface area contributed by atoms with Gasteiger partial charge < -0.3 is 11.1 Å². The fourth-order valence-corrected chi connectivity index (χ4v) is 0.976. The summed E-state index contributed by atoms with van der Waals surface area (Å²) in [7, 11) is 0. The molecule has 0 saturated carbocycles. The van der Waals surface area contributed by atoms with Gasteiger partial charge >= 0.3 is 6.18 Å². The summed E-state index contributed by atoms with van der Waals surface area (Å²) in [6, 6.07) is 1.96. The highest BCUT2D eigenvalue weighted by atomic mass is 19.4. The maximum atomic E-state index is 12.2. The molecule has 0 radical (unpaired) electrons. The molecule has 0 aliphatic carbocycles. The number of nitrogens with two attached hydrogens (primary N) is 1. The molecule has 0 fully saturated rings. The number of carbonyl (C=O) groups is 1. The molecule has 0 aromatic carbocycles. The molecule has 3 N–H and O–H groups in total. The smallest absolute Gasteiger partial charge is 0.369 e. The number of nitrogens with one attached hydrogen (secondary N) is 1. The van der Waals surface area contributed by atoms with Crippen molar-refractivity contribution in [3.8, 4) is 0 Å². The van der Waals surface area contributed by atoms with Crippen molar-refractivity contribution in [3.63, 3.8) is 0 Å². The predicted molar refractivity (Wildman–Crippen MR) is 58.5 cm³/mol. The van der Waals surface area contributed by atoms with Gasteiger partial charge in [0.2, 0.25) is 5.91 Å². The van der Waals surface area contributed by atoms with Gasteiger partial charge in [0.25, 0.3) is 0 Å². The lowest BCUT2D eigenvalue weighted by Gasteiger charge is -2.20. The number of nitrogens with zero attached hydrogens (tertiary/aromatic N) is 2. The van der Waals surface area contributed by atoms with E-state index in [2.05, 4.69) is 15.5 Å². The van der Waals surface area contributed by atoms with E-state index in [1.807, 2.05) is 0 Å². The van der Waals surface area contributed by atoms with Gasteiger partial charge in [0.1, 0.15) is 5.82 Å². The molecule has 1 heterocycles. The van der Waals surface area contributed by atoms with E-state index in [0.29, 0.717) is 0 Å². The molecule has 1 aromatic rings. The van der Waals surface area contributed by atoms with Gasteiger partial charge in [-0.05, 0) is 26.0 Å². The first-order chi connectivity index (χ1) is 8.13. The quantitative estimate of drug-likeness (QED) is 0.859. The van der Waals surface area contributed by atoms with Crippen LogP contribution in [0.2, 0.25) is 0 Å². The first kappa shape index (κ1) is 14.2. The topological polar surface area (TPSA) is 80.9 Å². The summed E-state index contributed by atoms with van der Waals surface area (Å²) in [4.78, 5) is 11.0. The molecular weight excluding hydrogens is 249 g/mol. The highest BCUT2D eigenvalue weighted by Crippen LogP contribution is 2.27. The molecule has 0 unspecified atom stereocenters. The molecule has 1 rings (SSSR count). The Labute approximate surface area is 102 Å². The van der Waals surface area contributed by atoms with Crippen molar-refractivity contribution in [2.24, 2.45) is 11.1 Å². The summed E-state index contributed by atoms with van der Waals surface area (Å²) >= 11 is 0. The van der Waals surface area contributed by atoms with Gasteiger partial charge in [0.05, 0.1) is 5.41 Å². The lowest BCUT2D eigenvalue weighted by molar-refractivity contribution is -0.141. The fraction of sp³-hybridized carbons (Fsp3) is 0.500. The third-order valence-electron chi connectivity index (χ3n) is 2.33. The minimum Gasteiger partial charge on any atom is -0.369 e. The zero-order valence-corrected chi connectivity index (χ0v) is 9.88. The van der Waals surface area contributed by atoms with Crippen molar-refractivity contribution < 1.29 is 18.0 Å². The Kier molecular flexibility index (Phi) is 3.78. The number of amides is 1. The van der Waals surface area contributed by atoms with Gasteiger partial charge in [-0.2, -0.15) is 13.2 Å². The molecule has 0 saturated heterocycles. The van der Waals surface area contributed by atoms with Crippen LogP contribution in [0.25, 0.3) is 0 Å². The second-order valence-electron chi connectivity index (χ2n) is 4.40. The molecule has 5 nitrogen and oxygen atoms in total. The molecule has 0 spiro atoms. The number of aromatic nitrogens is 2. The molecule has 1 aromatic heterocycles. The van der Waals surface area contributed by atoms with Crippen molar-refractivity contribution in [1.29, 1.82) is 0 Å². The van der Waals surface area contributed by atoms with Crippen LogP contribution in [0.3, 0.4) is 0 Å². The van der Waals surface area contributed by atoms with Crippen molar-refractivity contribution >= 4 is 11.7 Å². The molecule has 0 aliphatic rings. The highest BCUT2D eigenvalue weighted by molar-refractivity contribution is 5.80. The number of alkyl halides is 3. The fourth-order valence-electron chi connectivity index (χ4n) is 0.976. The van der Waals surface area contributed by atoms with E-state index in [-0.39, 0.29) is 12.4 Å². The third-order valence-corrected chi connectivity index (χ3v) is 2.33. The summed E-state index contributed by atoms with van der Waals surface area (Å²) in [6.45, 7) is 3.38. The summed E-state index contributed by atoms with van der Waals surface area (Å²) < 4.78 is 36.6. The van der Waals surface area contributed by atoms with Gasteiger partial charge in [0.15, 0.2) is 5.69 Å². The van der Waals surface area contributed by atoms with Crippen LogP contribution >= 0.6 is 0 Å². The lowest BCUT2D eigenvalue weighted by atomic mass is 9.93. The normalized spacial score (nSPS) is 12.3. The third kappa shape index (κ3) is 3.57. The molecule has 8 heteroatoms. The van der Waals surface area contributed by atoms with E-state index in [9.17, 15) is 18.0 Å². The summed E-state index contributed by atoms with van der Waals surface area (Å²) in [5, 5.41) is 9.12. The number of halogens is 3. The minimum atomic E-state index is -4.52. The van der Waals surface area contributed by atoms with Crippen LogP contribution in [-0.4, -0.2) is 22.6 Å². The zero-order chi connectivity index (χ0) is 14.0. The Hall–Kier alpha value is -1.86. The molecule has 1 amide bonds. The van der Waals surface area contributed by atoms with Crippen LogP contribution in [0.4, 0.5) is 19.0 Å². The SMILES string of the molecule is CC(C)(CNc1ccc(C(F)(F)F)nn1)C(N)=O. The minimum absolute atomic E-state index is 0.150. The summed E-state index contributed by atoms with van der Waals surface area (Å²) in [5.74, 6) is -0.368. The van der Waals surface area contributed by atoms with Crippen LogP contribution in [-0.2, 0) is 11.0 Å². The monoisotopic (exact) mass is 262 g/mol. The maximum absolute atomic E-state index is 12.2. The Morgan fingerprint density at radius 2 is 1.94 bits per heavy atom. The van der Waals surface area contributed by atoms with Crippen molar-refractivity contribution in [3.05, 3.63) is 17.8 Å². The molecule has 0 atom stereocenters. The van der Waals surface area contributed by atoms with Crippen LogP contribution in [0.5, 0.6) is 0 Å². The van der Waals surface area contributed by atoms with Gasteiger partial charge in [-0.25, -0.2) is 0 Å². The molecule has 0 aliphatic heterocycles. The first-order valence-corrected chi connectivity index (χ1v) is 5.07. The zero-order valence-electron chi connectivity index (χ0n) is 9.88. The van der Waals surface area contributed by atoms with Crippen molar-refractivity contribution in [1.82, 2.24) is 10.2 Å². The summed E-state index contributed by atoms with van der Waals surface area (Å²) in [5.41, 5.74) is 3.26. The molecule has 100 valence electrons. The van der Waals surface area contributed by atoms with Gasteiger partial charge in [0, 0.05) is 6.54 Å². The average Bonchev–Trinajstić information content (AvgIpc) is 2.25. The van der Waals surface area contributed by atoms with Crippen LogP contribution in [0, 0.1) is 5.41 Å². The van der Waals surface area contributed by atoms with Crippen LogP contribution in [0.15, 0.2) is 12.1 Å². The van der Waals surface area contributed by atoms with E-state index in [1.54, 1.807) is 13.8 Å². The van der Waals surface area contributed by atoms with Crippen LogP contribution < -0.4 is 11.1 Å². The van der Waals surface area contributed by atoms with Crippen molar-refractivity contribution in [2.75, 3.05) is 11.9 Å². The number of anilines is 1. The van der Waals surface area contributed by atoms with Gasteiger partial charge in [-0.1, -0.05) is 0 Å². The Balaban J connectivity index is 2.68. The molecular formula is C10H13F3N4O.